The van der Waals surface area contributed by atoms with Crippen LogP contribution in [0, 0.1) is 11.3 Å². The van der Waals surface area contributed by atoms with Crippen molar-refractivity contribution in [3.05, 3.63) is 23.9 Å². The van der Waals surface area contributed by atoms with Gasteiger partial charge >= 0.3 is 0 Å². The van der Waals surface area contributed by atoms with Crippen molar-refractivity contribution in [1.29, 1.82) is 5.26 Å². The maximum absolute atomic E-state index is 8.52. The Hall–Kier alpha value is -2.23. The Bertz CT molecular complexity index is 493. The summed E-state index contributed by atoms with van der Waals surface area (Å²) in [7, 11) is 0. The summed E-state index contributed by atoms with van der Waals surface area (Å²) in [6.07, 6.45) is 2.16. The fourth-order valence-corrected chi connectivity index (χ4v) is 1.06. The van der Waals surface area contributed by atoms with Gasteiger partial charge in [0.2, 0.25) is 5.89 Å². The minimum absolute atomic E-state index is 0.134. The van der Waals surface area contributed by atoms with Gasteiger partial charge in [-0.1, -0.05) is 12.1 Å². The van der Waals surface area contributed by atoms with Gasteiger partial charge in [0, 0.05) is 6.42 Å². The monoisotopic (exact) mass is 204 g/mol. The summed E-state index contributed by atoms with van der Waals surface area (Å²) >= 11 is 0. The highest BCUT2D eigenvalue weighted by atomic mass is 16.5. The van der Waals surface area contributed by atoms with Crippen LogP contribution in [-0.4, -0.2) is 24.9 Å². The van der Waals surface area contributed by atoms with Gasteiger partial charge in [0.15, 0.2) is 5.82 Å². The van der Waals surface area contributed by atoms with Crippen molar-refractivity contribution in [1.82, 2.24) is 24.9 Å². The van der Waals surface area contributed by atoms with Crippen LogP contribution in [0.25, 0.3) is 0 Å². The van der Waals surface area contributed by atoms with Gasteiger partial charge in [-0.15, -0.1) is 5.10 Å². The van der Waals surface area contributed by atoms with E-state index in [0.29, 0.717) is 24.7 Å². The lowest BCUT2D eigenvalue weighted by Gasteiger charge is -1.91. The lowest BCUT2D eigenvalue weighted by molar-refractivity contribution is 0.374. The first kappa shape index (κ1) is 9.33. The first-order valence-corrected chi connectivity index (χ1v) is 4.43. The maximum Gasteiger partial charge on any atom is 0.252 e. The van der Waals surface area contributed by atoms with Crippen LogP contribution in [-0.2, 0) is 13.0 Å². The predicted octanol–water partition coefficient (Wildman–Crippen LogP) is 0.143. The zero-order chi connectivity index (χ0) is 10.7. The summed E-state index contributed by atoms with van der Waals surface area (Å²) < 4.78 is 6.42. The Morgan fingerprint density at radius 1 is 1.60 bits per heavy atom. The Balaban J connectivity index is 2.11. The normalized spacial score (nSPS) is 10.1. The van der Waals surface area contributed by atoms with Crippen molar-refractivity contribution in [2.24, 2.45) is 0 Å². The number of hydrogen-bond acceptors (Lipinski definition) is 6. The average molecular weight is 204 g/mol. The molecule has 0 aromatic carbocycles. The highest BCUT2D eigenvalue weighted by Crippen LogP contribution is 1.99. The molecule has 0 aliphatic rings. The molecule has 0 aliphatic carbocycles. The van der Waals surface area contributed by atoms with E-state index in [9.17, 15) is 0 Å². The minimum atomic E-state index is 0.134. The lowest BCUT2D eigenvalue weighted by Crippen LogP contribution is -2.02. The smallest absolute Gasteiger partial charge is 0.252 e. The molecule has 0 aliphatic heterocycles. The fourth-order valence-electron chi connectivity index (χ4n) is 1.06. The van der Waals surface area contributed by atoms with Crippen LogP contribution < -0.4 is 0 Å². The van der Waals surface area contributed by atoms with Gasteiger partial charge in [-0.3, -0.25) is 0 Å². The Morgan fingerprint density at radius 2 is 2.47 bits per heavy atom. The number of rotatable bonds is 3. The zero-order valence-corrected chi connectivity index (χ0v) is 8.08. The quantitative estimate of drug-likeness (QED) is 0.706. The molecule has 76 valence electrons. The van der Waals surface area contributed by atoms with Gasteiger partial charge in [0.1, 0.15) is 18.9 Å². The minimum Gasteiger partial charge on any atom is -0.339 e. The van der Waals surface area contributed by atoms with E-state index in [2.05, 4.69) is 20.2 Å². The van der Waals surface area contributed by atoms with E-state index >= 15 is 0 Å². The number of aryl methyl sites for hydroxylation is 1. The van der Waals surface area contributed by atoms with Crippen LogP contribution in [0.3, 0.4) is 0 Å². The summed E-state index contributed by atoms with van der Waals surface area (Å²) in [6, 6.07) is 1.84. The van der Waals surface area contributed by atoms with Crippen molar-refractivity contribution in [2.75, 3.05) is 0 Å². The Morgan fingerprint density at radius 3 is 3.07 bits per heavy atom. The molecule has 0 saturated carbocycles. The van der Waals surface area contributed by atoms with E-state index in [-0.39, 0.29) is 5.82 Å². The van der Waals surface area contributed by atoms with Crippen LogP contribution in [0.1, 0.15) is 24.5 Å². The molecule has 2 aromatic rings. The molecular formula is C8H8N6O. The molecule has 15 heavy (non-hydrogen) atoms. The molecule has 0 saturated heterocycles. The van der Waals surface area contributed by atoms with Gasteiger partial charge in [-0.2, -0.15) is 10.2 Å². The summed E-state index contributed by atoms with van der Waals surface area (Å²) in [5.41, 5.74) is 0. The average Bonchev–Trinajstić information content (AvgIpc) is 2.87. The third kappa shape index (κ3) is 1.99. The van der Waals surface area contributed by atoms with Crippen LogP contribution in [0.5, 0.6) is 0 Å². The number of nitrogens with zero attached hydrogens (tertiary/aromatic N) is 6. The lowest BCUT2D eigenvalue weighted by atomic mass is 10.5. The zero-order valence-electron chi connectivity index (χ0n) is 8.08. The molecule has 0 amide bonds. The van der Waals surface area contributed by atoms with Gasteiger partial charge in [0.05, 0.1) is 0 Å². The third-order valence-electron chi connectivity index (χ3n) is 1.75. The fraction of sp³-hybridized carbons (Fsp3) is 0.375. The second-order valence-electron chi connectivity index (χ2n) is 2.84. The molecule has 2 aromatic heterocycles. The van der Waals surface area contributed by atoms with Crippen molar-refractivity contribution in [3.63, 3.8) is 0 Å². The second-order valence-corrected chi connectivity index (χ2v) is 2.84. The molecule has 0 fully saturated rings. The standard InChI is InChI=1S/C8H8N6O/c1-2-8-11-7(13-15-8)4-14-5-10-6(3-9)12-14/h5H,2,4H2,1H3. The van der Waals surface area contributed by atoms with Crippen molar-refractivity contribution >= 4 is 0 Å². The van der Waals surface area contributed by atoms with E-state index in [4.69, 9.17) is 9.78 Å². The van der Waals surface area contributed by atoms with E-state index in [1.807, 2.05) is 13.0 Å². The van der Waals surface area contributed by atoms with E-state index < -0.39 is 0 Å². The van der Waals surface area contributed by atoms with Crippen LogP contribution >= 0.6 is 0 Å². The molecule has 0 spiro atoms. The van der Waals surface area contributed by atoms with Crippen LogP contribution in [0.2, 0.25) is 0 Å². The largest absolute Gasteiger partial charge is 0.339 e. The van der Waals surface area contributed by atoms with Crippen LogP contribution in [0.15, 0.2) is 10.9 Å². The van der Waals surface area contributed by atoms with Crippen molar-refractivity contribution in [3.8, 4) is 6.07 Å². The Labute approximate surface area is 85.4 Å². The first-order chi connectivity index (χ1) is 7.31. The third-order valence-corrected chi connectivity index (χ3v) is 1.75. The molecule has 7 heteroatoms. The molecule has 7 nitrogen and oxygen atoms in total. The highest BCUT2D eigenvalue weighted by Gasteiger charge is 2.06. The molecule has 0 atom stereocenters. The SMILES string of the molecule is CCc1nc(Cn2cnc(C#N)n2)no1. The highest BCUT2D eigenvalue weighted by molar-refractivity contribution is 5.05. The number of hydrogen-bond donors (Lipinski definition) is 0. The van der Waals surface area contributed by atoms with Gasteiger partial charge < -0.3 is 4.52 Å². The predicted molar refractivity (Wildman–Crippen MR) is 47.5 cm³/mol. The van der Waals surface area contributed by atoms with Crippen molar-refractivity contribution < 1.29 is 4.52 Å². The van der Waals surface area contributed by atoms with Gasteiger partial charge in [-0.25, -0.2) is 9.67 Å². The second kappa shape index (κ2) is 3.88. The summed E-state index contributed by atoms with van der Waals surface area (Å²) in [5.74, 6) is 1.25. The summed E-state index contributed by atoms with van der Waals surface area (Å²) in [5, 5.41) is 16.2. The van der Waals surface area contributed by atoms with E-state index in [1.54, 1.807) is 0 Å². The summed E-state index contributed by atoms with van der Waals surface area (Å²) in [6.45, 7) is 2.29. The Kier molecular flexibility index (Phi) is 2.41. The van der Waals surface area contributed by atoms with Gasteiger partial charge in [0.25, 0.3) is 5.82 Å². The number of aromatic nitrogens is 5. The van der Waals surface area contributed by atoms with Crippen molar-refractivity contribution in [2.45, 2.75) is 19.9 Å². The van der Waals surface area contributed by atoms with E-state index in [0.717, 1.165) is 0 Å². The molecule has 0 N–H and O–H groups in total. The molecular weight excluding hydrogens is 196 g/mol. The molecule has 0 bridgehead atoms. The molecule has 0 radical (unpaired) electrons. The van der Waals surface area contributed by atoms with Gasteiger partial charge in [-0.05, 0) is 0 Å². The maximum atomic E-state index is 8.52. The molecule has 2 heterocycles. The molecule has 2 rings (SSSR count). The summed E-state index contributed by atoms with van der Waals surface area (Å²) in [4.78, 5) is 7.87. The first-order valence-electron chi connectivity index (χ1n) is 4.43. The topological polar surface area (TPSA) is 93.4 Å². The van der Waals surface area contributed by atoms with E-state index in [1.165, 1.54) is 11.0 Å². The van der Waals surface area contributed by atoms with Crippen LogP contribution in [0.4, 0.5) is 0 Å². The number of nitriles is 1. The molecule has 0 unspecified atom stereocenters.